The number of rotatable bonds is 6. The predicted octanol–water partition coefficient (Wildman–Crippen LogP) is 2.20. The van der Waals surface area contributed by atoms with Gasteiger partial charge in [-0.3, -0.25) is 9.80 Å². The minimum atomic E-state index is -0.198. The van der Waals surface area contributed by atoms with Crippen molar-refractivity contribution in [2.24, 2.45) is 5.73 Å². The standard InChI is InChI=1S/C16H26FN3/c1-3-20(4-2)16-7-8-19(12-16)11-13-5-6-15(17)9-14(13)10-18/h5-6,9,16H,3-4,7-8,10-12,18H2,1-2H3. The molecule has 1 fully saturated rings. The molecule has 1 unspecified atom stereocenters. The molecule has 1 saturated heterocycles. The average molecular weight is 279 g/mol. The van der Waals surface area contributed by atoms with Gasteiger partial charge >= 0.3 is 0 Å². The second-order valence-corrected chi connectivity index (χ2v) is 5.52. The molecule has 20 heavy (non-hydrogen) atoms. The fourth-order valence-corrected chi connectivity index (χ4v) is 3.17. The Morgan fingerprint density at radius 1 is 1.30 bits per heavy atom. The van der Waals surface area contributed by atoms with Gasteiger partial charge in [0.05, 0.1) is 0 Å². The molecule has 0 bridgehead atoms. The lowest BCUT2D eigenvalue weighted by molar-refractivity contribution is 0.209. The number of benzene rings is 1. The number of likely N-dealkylation sites (N-methyl/N-ethyl adjacent to an activating group) is 1. The number of nitrogens with zero attached hydrogens (tertiary/aromatic N) is 2. The van der Waals surface area contributed by atoms with Gasteiger partial charge in [0.25, 0.3) is 0 Å². The maximum absolute atomic E-state index is 13.2. The van der Waals surface area contributed by atoms with E-state index in [1.54, 1.807) is 6.07 Å². The van der Waals surface area contributed by atoms with Crippen LogP contribution in [0, 0.1) is 5.82 Å². The van der Waals surface area contributed by atoms with Crippen LogP contribution in [-0.4, -0.2) is 42.0 Å². The van der Waals surface area contributed by atoms with Crippen molar-refractivity contribution in [3.63, 3.8) is 0 Å². The Labute approximate surface area is 121 Å². The highest BCUT2D eigenvalue weighted by Gasteiger charge is 2.26. The zero-order chi connectivity index (χ0) is 14.5. The second-order valence-electron chi connectivity index (χ2n) is 5.52. The molecular weight excluding hydrogens is 253 g/mol. The zero-order valence-corrected chi connectivity index (χ0v) is 12.6. The van der Waals surface area contributed by atoms with E-state index in [1.165, 1.54) is 12.5 Å². The Balaban J connectivity index is 1.98. The van der Waals surface area contributed by atoms with Crippen LogP contribution in [0.1, 0.15) is 31.4 Å². The number of likely N-dealkylation sites (tertiary alicyclic amines) is 1. The van der Waals surface area contributed by atoms with Gasteiger partial charge in [0, 0.05) is 32.2 Å². The summed E-state index contributed by atoms with van der Waals surface area (Å²) in [6.45, 7) is 10.2. The molecule has 1 aromatic carbocycles. The van der Waals surface area contributed by atoms with Crippen LogP contribution in [-0.2, 0) is 13.1 Å². The topological polar surface area (TPSA) is 32.5 Å². The van der Waals surface area contributed by atoms with Crippen LogP contribution in [0.15, 0.2) is 18.2 Å². The molecule has 0 spiro atoms. The molecule has 1 heterocycles. The van der Waals surface area contributed by atoms with Crippen LogP contribution in [0.2, 0.25) is 0 Å². The lowest BCUT2D eigenvalue weighted by Crippen LogP contribution is -2.37. The Bertz CT molecular complexity index is 432. The van der Waals surface area contributed by atoms with Gasteiger partial charge < -0.3 is 5.73 Å². The van der Waals surface area contributed by atoms with Crippen LogP contribution >= 0.6 is 0 Å². The van der Waals surface area contributed by atoms with E-state index in [4.69, 9.17) is 5.73 Å². The summed E-state index contributed by atoms with van der Waals surface area (Å²) in [5, 5.41) is 0. The highest BCUT2D eigenvalue weighted by atomic mass is 19.1. The molecule has 0 aliphatic carbocycles. The van der Waals surface area contributed by atoms with Gasteiger partial charge in [0.2, 0.25) is 0 Å². The van der Waals surface area contributed by atoms with E-state index in [2.05, 4.69) is 23.6 Å². The quantitative estimate of drug-likeness (QED) is 0.866. The van der Waals surface area contributed by atoms with Gasteiger partial charge in [0.1, 0.15) is 5.82 Å². The summed E-state index contributed by atoms with van der Waals surface area (Å²) in [5.74, 6) is -0.198. The van der Waals surface area contributed by atoms with Crippen LogP contribution in [0.25, 0.3) is 0 Å². The Morgan fingerprint density at radius 2 is 2.05 bits per heavy atom. The molecule has 0 amide bonds. The maximum Gasteiger partial charge on any atom is 0.123 e. The molecular formula is C16H26FN3. The smallest absolute Gasteiger partial charge is 0.123 e. The van der Waals surface area contributed by atoms with Crippen molar-refractivity contribution in [3.05, 3.63) is 35.1 Å². The van der Waals surface area contributed by atoms with Crippen molar-refractivity contribution in [2.45, 2.75) is 39.4 Å². The monoisotopic (exact) mass is 279 g/mol. The summed E-state index contributed by atoms with van der Waals surface area (Å²) >= 11 is 0. The first-order valence-electron chi connectivity index (χ1n) is 7.61. The summed E-state index contributed by atoms with van der Waals surface area (Å²) in [6, 6.07) is 5.63. The second kappa shape index (κ2) is 7.16. The van der Waals surface area contributed by atoms with Gasteiger partial charge in [-0.15, -0.1) is 0 Å². The first-order chi connectivity index (χ1) is 9.67. The maximum atomic E-state index is 13.2. The molecule has 4 heteroatoms. The Kier molecular flexibility index (Phi) is 5.52. The van der Waals surface area contributed by atoms with Crippen molar-refractivity contribution < 1.29 is 4.39 Å². The van der Waals surface area contributed by atoms with Gasteiger partial charge in [-0.2, -0.15) is 0 Å². The Hall–Kier alpha value is -0.970. The largest absolute Gasteiger partial charge is 0.326 e. The lowest BCUT2D eigenvalue weighted by atomic mass is 10.1. The van der Waals surface area contributed by atoms with Crippen LogP contribution in [0.4, 0.5) is 4.39 Å². The van der Waals surface area contributed by atoms with Gasteiger partial charge in [0.15, 0.2) is 0 Å². The highest BCUT2D eigenvalue weighted by molar-refractivity contribution is 5.27. The third-order valence-electron chi connectivity index (χ3n) is 4.36. The summed E-state index contributed by atoms with van der Waals surface area (Å²) < 4.78 is 13.2. The van der Waals surface area contributed by atoms with E-state index in [1.807, 2.05) is 6.07 Å². The van der Waals surface area contributed by atoms with Crippen molar-refractivity contribution in [1.82, 2.24) is 9.80 Å². The summed E-state index contributed by atoms with van der Waals surface area (Å²) in [6.07, 6.45) is 1.22. The minimum absolute atomic E-state index is 0.198. The number of hydrogen-bond acceptors (Lipinski definition) is 3. The van der Waals surface area contributed by atoms with E-state index in [-0.39, 0.29) is 5.82 Å². The normalized spacial score (nSPS) is 19.9. The zero-order valence-electron chi connectivity index (χ0n) is 12.6. The summed E-state index contributed by atoms with van der Waals surface area (Å²) in [7, 11) is 0. The van der Waals surface area contributed by atoms with Crippen molar-refractivity contribution in [3.8, 4) is 0 Å². The molecule has 0 aromatic heterocycles. The van der Waals surface area contributed by atoms with Crippen molar-refractivity contribution in [2.75, 3.05) is 26.2 Å². The third kappa shape index (κ3) is 3.57. The molecule has 1 aliphatic rings. The van der Waals surface area contributed by atoms with Crippen molar-refractivity contribution in [1.29, 1.82) is 0 Å². The van der Waals surface area contributed by atoms with E-state index >= 15 is 0 Å². The Morgan fingerprint density at radius 3 is 2.70 bits per heavy atom. The molecule has 112 valence electrons. The molecule has 1 aromatic rings. The minimum Gasteiger partial charge on any atom is -0.326 e. The van der Waals surface area contributed by atoms with Crippen LogP contribution in [0.3, 0.4) is 0 Å². The molecule has 2 rings (SSSR count). The van der Waals surface area contributed by atoms with E-state index in [9.17, 15) is 4.39 Å². The SMILES string of the molecule is CCN(CC)C1CCN(Cc2ccc(F)cc2CN)C1. The molecule has 2 N–H and O–H groups in total. The average Bonchev–Trinajstić information content (AvgIpc) is 2.90. The molecule has 1 aliphatic heterocycles. The molecule has 0 radical (unpaired) electrons. The van der Waals surface area contributed by atoms with Crippen molar-refractivity contribution >= 4 is 0 Å². The predicted molar refractivity (Wildman–Crippen MR) is 80.9 cm³/mol. The molecule has 3 nitrogen and oxygen atoms in total. The van der Waals surface area contributed by atoms with Gasteiger partial charge in [-0.05, 0) is 42.8 Å². The first kappa shape index (κ1) is 15.4. The van der Waals surface area contributed by atoms with E-state index in [0.29, 0.717) is 12.6 Å². The van der Waals surface area contributed by atoms with Gasteiger partial charge in [-0.25, -0.2) is 4.39 Å². The van der Waals surface area contributed by atoms with Gasteiger partial charge in [-0.1, -0.05) is 19.9 Å². The number of halogens is 1. The number of hydrogen-bond donors (Lipinski definition) is 1. The lowest BCUT2D eigenvalue weighted by Gasteiger charge is -2.26. The number of nitrogens with two attached hydrogens (primary N) is 1. The highest BCUT2D eigenvalue weighted by Crippen LogP contribution is 2.20. The molecule has 1 atom stereocenters. The van der Waals surface area contributed by atoms with Crippen LogP contribution in [0.5, 0.6) is 0 Å². The van der Waals surface area contributed by atoms with Crippen LogP contribution < -0.4 is 5.73 Å². The van der Waals surface area contributed by atoms with E-state index in [0.717, 1.165) is 43.9 Å². The fraction of sp³-hybridized carbons (Fsp3) is 0.625. The third-order valence-corrected chi connectivity index (χ3v) is 4.36. The first-order valence-corrected chi connectivity index (χ1v) is 7.61. The molecule has 0 saturated carbocycles. The fourth-order valence-electron chi connectivity index (χ4n) is 3.17. The van der Waals surface area contributed by atoms with E-state index < -0.39 is 0 Å². The summed E-state index contributed by atoms with van der Waals surface area (Å²) in [4.78, 5) is 4.98. The summed E-state index contributed by atoms with van der Waals surface area (Å²) in [5.41, 5.74) is 7.81.